The fourth-order valence-electron chi connectivity index (χ4n) is 1.94. The van der Waals surface area contributed by atoms with Gasteiger partial charge in [-0.25, -0.2) is 9.97 Å². The van der Waals surface area contributed by atoms with Gasteiger partial charge in [-0.05, 0) is 6.54 Å². The average Bonchev–Trinajstić information content (AvgIpc) is 2.83. The lowest BCUT2D eigenvalue weighted by molar-refractivity contribution is -0.120. The largest absolute Gasteiger partial charge is 0.379 e. The van der Waals surface area contributed by atoms with Crippen LogP contribution in [0.25, 0.3) is 0 Å². The molecule has 19 heavy (non-hydrogen) atoms. The van der Waals surface area contributed by atoms with Gasteiger partial charge in [0, 0.05) is 6.04 Å². The Hall–Kier alpha value is -0.950. The van der Waals surface area contributed by atoms with Crippen LogP contribution in [0.15, 0.2) is 6.33 Å². The number of halogens is 2. The van der Waals surface area contributed by atoms with E-state index in [2.05, 4.69) is 20.6 Å². The van der Waals surface area contributed by atoms with E-state index < -0.39 is 0 Å². The summed E-state index contributed by atoms with van der Waals surface area (Å²) in [5.74, 6) is -0.491. The van der Waals surface area contributed by atoms with Gasteiger partial charge in [0.15, 0.2) is 10.3 Å². The van der Waals surface area contributed by atoms with E-state index in [1.54, 1.807) is 0 Å². The highest BCUT2D eigenvalue weighted by molar-refractivity contribution is 6.38. The third kappa shape index (κ3) is 3.33. The van der Waals surface area contributed by atoms with Gasteiger partial charge in [-0.2, -0.15) is 0 Å². The Morgan fingerprint density at radius 2 is 2.11 bits per heavy atom. The van der Waals surface area contributed by atoms with Gasteiger partial charge in [-0.1, -0.05) is 30.1 Å². The smallest absolute Gasteiger partial charge is 0.231 e. The van der Waals surface area contributed by atoms with Crippen LogP contribution in [0, 0.1) is 5.92 Å². The zero-order valence-electron chi connectivity index (χ0n) is 10.3. The highest BCUT2D eigenvalue weighted by Gasteiger charge is 2.34. The quantitative estimate of drug-likeness (QED) is 0.821. The molecule has 1 fully saturated rings. The van der Waals surface area contributed by atoms with E-state index in [0.29, 0.717) is 13.2 Å². The van der Waals surface area contributed by atoms with Gasteiger partial charge < -0.3 is 15.4 Å². The van der Waals surface area contributed by atoms with Crippen molar-refractivity contribution < 1.29 is 9.53 Å². The van der Waals surface area contributed by atoms with Crippen LogP contribution in [-0.4, -0.2) is 41.7 Å². The standard InChI is InChI=1S/C11H14Cl2N4O2/c1-2-14-7-4-19-3-6(7)11(18)17-8-9(12)15-5-16-10(8)13/h5-7,14H,2-4H2,1H3,(H,17,18). The molecule has 2 atom stereocenters. The summed E-state index contributed by atoms with van der Waals surface area (Å²) in [4.78, 5) is 19.8. The van der Waals surface area contributed by atoms with E-state index >= 15 is 0 Å². The van der Waals surface area contributed by atoms with Crippen LogP contribution in [0.2, 0.25) is 10.3 Å². The number of anilines is 1. The number of hydrogen-bond acceptors (Lipinski definition) is 5. The molecule has 1 amide bonds. The maximum absolute atomic E-state index is 12.2. The molecule has 6 nitrogen and oxygen atoms in total. The van der Waals surface area contributed by atoms with E-state index in [0.717, 1.165) is 6.54 Å². The number of rotatable bonds is 4. The normalized spacial score (nSPS) is 22.5. The number of carbonyl (C=O) groups excluding carboxylic acids is 1. The summed E-state index contributed by atoms with van der Waals surface area (Å²) in [6.45, 7) is 3.63. The number of likely N-dealkylation sites (N-methyl/N-ethyl adjacent to an activating group) is 1. The summed E-state index contributed by atoms with van der Waals surface area (Å²) in [6, 6.07) is -0.00724. The van der Waals surface area contributed by atoms with Crippen molar-refractivity contribution in [1.82, 2.24) is 15.3 Å². The van der Waals surface area contributed by atoms with Crippen LogP contribution in [0.3, 0.4) is 0 Å². The van der Waals surface area contributed by atoms with E-state index in [-0.39, 0.29) is 33.9 Å². The zero-order valence-corrected chi connectivity index (χ0v) is 11.8. The van der Waals surface area contributed by atoms with Crippen molar-refractivity contribution in [3.8, 4) is 0 Å². The van der Waals surface area contributed by atoms with Crippen molar-refractivity contribution in [2.75, 3.05) is 25.1 Å². The molecule has 8 heteroatoms. The van der Waals surface area contributed by atoms with Gasteiger partial charge in [0.25, 0.3) is 0 Å². The molecule has 2 unspecified atom stereocenters. The second kappa shape index (κ2) is 6.47. The molecular weight excluding hydrogens is 291 g/mol. The Labute approximate surface area is 120 Å². The fraction of sp³-hybridized carbons (Fsp3) is 0.545. The summed E-state index contributed by atoms with van der Waals surface area (Å²) in [6.07, 6.45) is 1.24. The molecule has 0 radical (unpaired) electrons. The maximum Gasteiger partial charge on any atom is 0.231 e. The number of ether oxygens (including phenoxy) is 1. The third-order valence-corrected chi connectivity index (χ3v) is 3.46. The number of aromatic nitrogens is 2. The minimum absolute atomic E-state index is 0.00724. The Kier molecular flexibility index (Phi) is 4.93. The van der Waals surface area contributed by atoms with Crippen molar-refractivity contribution in [2.24, 2.45) is 5.92 Å². The van der Waals surface area contributed by atoms with Crippen LogP contribution >= 0.6 is 23.2 Å². The minimum Gasteiger partial charge on any atom is -0.379 e. The average molecular weight is 305 g/mol. The van der Waals surface area contributed by atoms with Crippen molar-refractivity contribution in [3.05, 3.63) is 16.6 Å². The first-order valence-electron chi connectivity index (χ1n) is 5.91. The fourth-order valence-corrected chi connectivity index (χ4v) is 2.35. The summed E-state index contributed by atoms with van der Waals surface area (Å²) < 4.78 is 5.32. The topological polar surface area (TPSA) is 76.1 Å². The molecule has 2 heterocycles. The van der Waals surface area contributed by atoms with Crippen LogP contribution < -0.4 is 10.6 Å². The lowest BCUT2D eigenvalue weighted by Crippen LogP contribution is -2.41. The molecule has 0 aromatic carbocycles. The molecule has 1 aromatic heterocycles. The Morgan fingerprint density at radius 3 is 2.74 bits per heavy atom. The third-order valence-electron chi connectivity index (χ3n) is 2.89. The predicted octanol–water partition coefficient (Wildman–Crippen LogP) is 1.35. The molecule has 0 saturated carbocycles. The molecule has 0 aliphatic carbocycles. The number of nitrogens with zero attached hydrogens (tertiary/aromatic N) is 2. The van der Waals surface area contributed by atoms with Crippen molar-refractivity contribution >= 4 is 34.8 Å². The molecule has 1 saturated heterocycles. The van der Waals surface area contributed by atoms with Gasteiger partial charge in [0.05, 0.1) is 19.1 Å². The first-order valence-corrected chi connectivity index (χ1v) is 6.67. The monoisotopic (exact) mass is 304 g/mol. The second-order valence-corrected chi connectivity index (χ2v) is 4.84. The molecule has 2 rings (SSSR count). The number of amides is 1. The number of nitrogens with one attached hydrogen (secondary N) is 2. The molecular formula is C11H14Cl2N4O2. The lowest BCUT2D eigenvalue weighted by Gasteiger charge is -2.18. The van der Waals surface area contributed by atoms with Gasteiger partial charge in [-0.15, -0.1) is 0 Å². The predicted molar refractivity (Wildman–Crippen MR) is 72.5 cm³/mol. The first kappa shape index (κ1) is 14.5. The Balaban J connectivity index is 2.08. The van der Waals surface area contributed by atoms with Crippen LogP contribution in [-0.2, 0) is 9.53 Å². The van der Waals surface area contributed by atoms with Crippen molar-refractivity contribution in [2.45, 2.75) is 13.0 Å². The molecule has 0 bridgehead atoms. The molecule has 2 N–H and O–H groups in total. The minimum atomic E-state index is -0.285. The second-order valence-electron chi connectivity index (χ2n) is 4.13. The van der Waals surface area contributed by atoms with Crippen LogP contribution in [0.1, 0.15) is 6.92 Å². The molecule has 104 valence electrons. The van der Waals surface area contributed by atoms with Crippen molar-refractivity contribution in [3.63, 3.8) is 0 Å². The van der Waals surface area contributed by atoms with Crippen LogP contribution in [0.5, 0.6) is 0 Å². The maximum atomic E-state index is 12.2. The van der Waals surface area contributed by atoms with Gasteiger partial charge >= 0.3 is 0 Å². The number of hydrogen-bond donors (Lipinski definition) is 2. The summed E-state index contributed by atoms with van der Waals surface area (Å²) in [7, 11) is 0. The summed E-state index contributed by atoms with van der Waals surface area (Å²) in [5, 5.41) is 6.10. The molecule has 1 aliphatic heterocycles. The first-order chi connectivity index (χ1) is 9.13. The summed E-state index contributed by atoms with van der Waals surface area (Å²) >= 11 is 11.8. The highest BCUT2D eigenvalue weighted by Crippen LogP contribution is 2.27. The molecule has 1 aromatic rings. The van der Waals surface area contributed by atoms with Gasteiger partial charge in [-0.3, -0.25) is 4.79 Å². The van der Waals surface area contributed by atoms with Gasteiger partial charge in [0.1, 0.15) is 12.0 Å². The molecule has 1 aliphatic rings. The van der Waals surface area contributed by atoms with E-state index in [1.165, 1.54) is 6.33 Å². The van der Waals surface area contributed by atoms with E-state index in [9.17, 15) is 4.79 Å². The van der Waals surface area contributed by atoms with E-state index in [4.69, 9.17) is 27.9 Å². The lowest BCUT2D eigenvalue weighted by atomic mass is 10.0. The zero-order chi connectivity index (χ0) is 13.8. The van der Waals surface area contributed by atoms with Crippen molar-refractivity contribution in [1.29, 1.82) is 0 Å². The Morgan fingerprint density at radius 1 is 1.42 bits per heavy atom. The highest BCUT2D eigenvalue weighted by atomic mass is 35.5. The van der Waals surface area contributed by atoms with Crippen LogP contribution in [0.4, 0.5) is 5.69 Å². The Bertz CT molecular complexity index is 452. The summed E-state index contributed by atoms with van der Waals surface area (Å²) in [5.41, 5.74) is 0.234. The van der Waals surface area contributed by atoms with E-state index in [1.807, 2.05) is 6.92 Å². The van der Waals surface area contributed by atoms with Gasteiger partial charge in [0.2, 0.25) is 5.91 Å². The SMILES string of the molecule is CCNC1COCC1C(=O)Nc1c(Cl)ncnc1Cl. The number of carbonyl (C=O) groups is 1. The molecule has 0 spiro atoms.